The van der Waals surface area contributed by atoms with Crippen LogP contribution in [-0.2, 0) is 0 Å². The molecular weight excluding hydrogens is 288 g/mol. The van der Waals surface area contributed by atoms with Gasteiger partial charge in [0, 0.05) is 21.7 Å². The minimum Gasteiger partial charge on any atom is -0.331 e. The molecule has 0 unspecified atom stereocenters. The maximum atomic E-state index is 6.01. The molecule has 0 radical (unpaired) electrons. The van der Waals surface area contributed by atoms with Crippen LogP contribution in [0, 0.1) is 6.92 Å². The fourth-order valence-corrected chi connectivity index (χ4v) is 2.86. The number of hydrogen-bond acceptors (Lipinski definition) is 3. The first-order valence-corrected chi connectivity index (χ1v) is 7.52. The number of aryl methyl sites for hydroxylation is 1. The van der Waals surface area contributed by atoms with Crippen molar-refractivity contribution >= 4 is 33.8 Å². The fourth-order valence-electron chi connectivity index (χ4n) is 1.94. The Morgan fingerprint density at radius 2 is 1.95 bits per heavy atom. The van der Waals surface area contributed by atoms with Crippen LogP contribution >= 0.6 is 22.9 Å². The number of thiazole rings is 1. The molecule has 2 aromatic carbocycles. The molecule has 0 fully saturated rings. The molecular formula is C16H13ClN2S. The molecule has 0 bridgehead atoms. The number of anilines is 2. The van der Waals surface area contributed by atoms with Crippen molar-refractivity contribution in [2.75, 3.05) is 5.32 Å². The Bertz CT molecular complexity index is 737. The Morgan fingerprint density at radius 1 is 1.10 bits per heavy atom. The highest BCUT2D eigenvalue weighted by atomic mass is 35.5. The number of nitrogens with one attached hydrogen (secondary N) is 1. The smallest absolute Gasteiger partial charge is 0.187 e. The normalized spacial score (nSPS) is 10.5. The first-order chi connectivity index (χ1) is 9.72. The zero-order chi connectivity index (χ0) is 13.9. The third-order valence-electron chi connectivity index (χ3n) is 3.01. The molecule has 3 rings (SSSR count). The summed E-state index contributed by atoms with van der Waals surface area (Å²) >= 11 is 7.60. The van der Waals surface area contributed by atoms with Crippen LogP contribution in [0.5, 0.6) is 0 Å². The summed E-state index contributed by atoms with van der Waals surface area (Å²) in [5.74, 6) is 0. The average Bonchev–Trinajstić information content (AvgIpc) is 2.90. The number of halogens is 1. The number of nitrogens with zero attached hydrogens (tertiary/aromatic N) is 1. The van der Waals surface area contributed by atoms with E-state index in [1.807, 2.05) is 41.8 Å². The summed E-state index contributed by atoms with van der Waals surface area (Å²) in [7, 11) is 0. The zero-order valence-electron chi connectivity index (χ0n) is 10.9. The number of rotatable bonds is 3. The molecule has 1 aromatic heterocycles. The molecule has 0 saturated carbocycles. The van der Waals surface area contributed by atoms with E-state index >= 15 is 0 Å². The van der Waals surface area contributed by atoms with Gasteiger partial charge in [-0.15, -0.1) is 11.3 Å². The molecule has 2 nitrogen and oxygen atoms in total. The van der Waals surface area contributed by atoms with Crippen molar-refractivity contribution in [1.82, 2.24) is 4.98 Å². The van der Waals surface area contributed by atoms with Gasteiger partial charge < -0.3 is 5.32 Å². The van der Waals surface area contributed by atoms with Gasteiger partial charge in [-0.3, -0.25) is 0 Å². The largest absolute Gasteiger partial charge is 0.331 e. The predicted octanol–water partition coefficient (Wildman–Crippen LogP) is 5.52. The van der Waals surface area contributed by atoms with Crippen molar-refractivity contribution in [3.8, 4) is 11.3 Å². The fraction of sp³-hybridized carbons (Fsp3) is 0.0625. The van der Waals surface area contributed by atoms with E-state index in [1.165, 1.54) is 5.56 Å². The van der Waals surface area contributed by atoms with Gasteiger partial charge in [0.25, 0.3) is 0 Å². The molecule has 1 heterocycles. The summed E-state index contributed by atoms with van der Waals surface area (Å²) in [4.78, 5) is 4.61. The maximum Gasteiger partial charge on any atom is 0.187 e. The second kappa shape index (κ2) is 5.65. The van der Waals surface area contributed by atoms with Crippen LogP contribution in [0.4, 0.5) is 10.8 Å². The van der Waals surface area contributed by atoms with Crippen LogP contribution in [0.1, 0.15) is 5.56 Å². The summed E-state index contributed by atoms with van der Waals surface area (Å²) in [6.45, 7) is 2.08. The lowest BCUT2D eigenvalue weighted by Gasteiger charge is -2.05. The summed E-state index contributed by atoms with van der Waals surface area (Å²) in [6.07, 6.45) is 0. The van der Waals surface area contributed by atoms with E-state index in [0.29, 0.717) is 0 Å². The van der Waals surface area contributed by atoms with Crippen molar-refractivity contribution in [2.45, 2.75) is 6.92 Å². The molecule has 0 aliphatic rings. The van der Waals surface area contributed by atoms with E-state index in [2.05, 4.69) is 29.4 Å². The van der Waals surface area contributed by atoms with Gasteiger partial charge in [0.15, 0.2) is 5.13 Å². The number of hydrogen-bond donors (Lipinski definition) is 1. The standard InChI is InChI=1S/C16H13ClN2S/c1-11-5-2-3-8-14(11)18-16-19-15(10-20-16)12-6-4-7-13(17)9-12/h2-10H,1H3,(H,18,19). The topological polar surface area (TPSA) is 24.9 Å². The van der Waals surface area contributed by atoms with Crippen LogP contribution in [-0.4, -0.2) is 4.98 Å². The van der Waals surface area contributed by atoms with E-state index in [4.69, 9.17) is 11.6 Å². The molecule has 4 heteroatoms. The summed E-state index contributed by atoms with van der Waals surface area (Å²) in [5, 5.41) is 6.99. The van der Waals surface area contributed by atoms with Gasteiger partial charge in [-0.1, -0.05) is 41.9 Å². The van der Waals surface area contributed by atoms with Gasteiger partial charge in [-0.2, -0.15) is 0 Å². The number of aromatic nitrogens is 1. The summed E-state index contributed by atoms with van der Waals surface area (Å²) in [6, 6.07) is 15.9. The average molecular weight is 301 g/mol. The van der Waals surface area contributed by atoms with E-state index in [-0.39, 0.29) is 0 Å². The molecule has 0 atom stereocenters. The second-order valence-corrected chi connectivity index (χ2v) is 5.78. The van der Waals surface area contributed by atoms with Crippen molar-refractivity contribution in [2.24, 2.45) is 0 Å². The van der Waals surface area contributed by atoms with Gasteiger partial charge in [0.05, 0.1) is 5.69 Å². The Labute approximate surface area is 127 Å². The van der Waals surface area contributed by atoms with Crippen LogP contribution in [0.25, 0.3) is 11.3 Å². The van der Waals surface area contributed by atoms with E-state index in [0.717, 1.165) is 27.1 Å². The third-order valence-corrected chi connectivity index (χ3v) is 4.00. The predicted molar refractivity (Wildman–Crippen MR) is 87.0 cm³/mol. The SMILES string of the molecule is Cc1ccccc1Nc1nc(-c2cccc(Cl)c2)cs1. The lowest BCUT2D eigenvalue weighted by Crippen LogP contribution is -1.91. The van der Waals surface area contributed by atoms with Gasteiger partial charge in [0.1, 0.15) is 0 Å². The molecule has 3 aromatic rings. The molecule has 100 valence electrons. The minimum absolute atomic E-state index is 0.726. The Kier molecular flexibility index (Phi) is 3.72. The lowest BCUT2D eigenvalue weighted by atomic mass is 10.2. The van der Waals surface area contributed by atoms with Crippen molar-refractivity contribution in [1.29, 1.82) is 0 Å². The molecule has 0 saturated heterocycles. The van der Waals surface area contributed by atoms with Crippen molar-refractivity contribution < 1.29 is 0 Å². The molecule has 0 aliphatic carbocycles. The highest BCUT2D eigenvalue weighted by Crippen LogP contribution is 2.29. The van der Waals surface area contributed by atoms with E-state index < -0.39 is 0 Å². The van der Waals surface area contributed by atoms with Gasteiger partial charge in [-0.25, -0.2) is 4.98 Å². The number of benzene rings is 2. The molecule has 0 spiro atoms. The monoisotopic (exact) mass is 300 g/mol. The Balaban J connectivity index is 1.86. The van der Waals surface area contributed by atoms with Crippen molar-refractivity contribution in [3.05, 3.63) is 64.5 Å². The maximum absolute atomic E-state index is 6.01. The molecule has 0 aliphatic heterocycles. The first-order valence-electron chi connectivity index (χ1n) is 6.26. The summed E-state index contributed by atoms with van der Waals surface area (Å²) < 4.78 is 0. The van der Waals surface area contributed by atoms with E-state index in [1.54, 1.807) is 11.3 Å². The van der Waals surface area contributed by atoms with Gasteiger partial charge in [-0.05, 0) is 30.7 Å². The van der Waals surface area contributed by atoms with Gasteiger partial charge in [0.2, 0.25) is 0 Å². The van der Waals surface area contributed by atoms with Crippen LogP contribution in [0.15, 0.2) is 53.9 Å². The Hall–Kier alpha value is -1.84. The second-order valence-electron chi connectivity index (χ2n) is 4.49. The quantitative estimate of drug-likeness (QED) is 0.689. The number of para-hydroxylation sites is 1. The van der Waals surface area contributed by atoms with Gasteiger partial charge >= 0.3 is 0 Å². The van der Waals surface area contributed by atoms with Crippen LogP contribution in [0.2, 0.25) is 5.02 Å². The zero-order valence-corrected chi connectivity index (χ0v) is 12.5. The van der Waals surface area contributed by atoms with E-state index in [9.17, 15) is 0 Å². The Morgan fingerprint density at radius 3 is 2.75 bits per heavy atom. The summed E-state index contributed by atoms with van der Waals surface area (Å²) in [5.41, 5.74) is 4.26. The first kappa shape index (κ1) is 13.2. The highest BCUT2D eigenvalue weighted by Gasteiger charge is 2.06. The van der Waals surface area contributed by atoms with Crippen LogP contribution < -0.4 is 5.32 Å². The van der Waals surface area contributed by atoms with Crippen LogP contribution in [0.3, 0.4) is 0 Å². The van der Waals surface area contributed by atoms with Crippen molar-refractivity contribution in [3.63, 3.8) is 0 Å². The third kappa shape index (κ3) is 2.84. The molecule has 1 N–H and O–H groups in total. The minimum atomic E-state index is 0.726. The molecule has 0 amide bonds. The lowest BCUT2D eigenvalue weighted by molar-refractivity contribution is 1.36. The highest BCUT2D eigenvalue weighted by molar-refractivity contribution is 7.14. The molecule has 20 heavy (non-hydrogen) atoms.